The topological polar surface area (TPSA) is 38.5 Å². The molecule has 16 heavy (non-hydrogen) atoms. The number of ether oxygens (including phenoxy) is 1. The minimum absolute atomic E-state index is 0.339. The highest BCUT2D eigenvalue weighted by atomic mass is 16.5. The summed E-state index contributed by atoms with van der Waals surface area (Å²) in [4.78, 5) is 2.37. The molecule has 0 radical (unpaired) electrons. The molecule has 0 aliphatic carbocycles. The summed E-state index contributed by atoms with van der Waals surface area (Å²) in [6, 6.07) is 8.51. The number of para-hydroxylation sites is 2. The van der Waals surface area contributed by atoms with Crippen molar-refractivity contribution in [1.29, 1.82) is 0 Å². The van der Waals surface area contributed by atoms with Crippen LogP contribution in [0.15, 0.2) is 24.3 Å². The number of benzene rings is 1. The van der Waals surface area contributed by atoms with E-state index in [2.05, 4.69) is 24.0 Å². The van der Waals surface area contributed by atoms with Gasteiger partial charge in [-0.1, -0.05) is 19.1 Å². The van der Waals surface area contributed by atoms with Gasteiger partial charge in [0.2, 0.25) is 0 Å². The quantitative estimate of drug-likeness (QED) is 0.827. The summed E-state index contributed by atoms with van der Waals surface area (Å²) >= 11 is 0. The van der Waals surface area contributed by atoms with Crippen LogP contribution in [0.1, 0.15) is 13.3 Å². The second kappa shape index (κ2) is 4.74. The zero-order valence-corrected chi connectivity index (χ0v) is 10.0. The van der Waals surface area contributed by atoms with Gasteiger partial charge >= 0.3 is 0 Å². The monoisotopic (exact) mass is 220 g/mol. The number of rotatable bonds is 2. The van der Waals surface area contributed by atoms with Gasteiger partial charge in [0.05, 0.1) is 12.8 Å². The predicted molar refractivity (Wildman–Crippen MR) is 67.0 cm³/mol. The van der Waals surface area contributed by atoms with Crippen LogP contribution >= 0.6 is 0 Å². The van der Waals surface area contributed by atoms with Crippen molar-refractivity contribution in [2.45, 2.75) is 19.4 Å². The van der Waals surface area contributed by atoms with Crippen LogP contribution in [0, 0.1) is 5.92 Å². The lowest BCUT2D eigenvalue weighted by molar-refractivity contribution is 0.374. The molecule has 1 saturated heterocycles. The smallest absolute Gasteiger partial charge is 0.142 e. The average molecular weight is 220 g/mol. The molecule has 1 aliphatic rings. The first-order valence-corrected chi connectivity index (χ1v) is 5.86. The van der Waals surface area contributed by atoms with Gasteiger partial charge < -0.3 is 15.4 Å². The normalized spacial score (nSPS) is 25.6. The van der Waals surface area contributed by atoms with Crippen LogP contribution in [-0.2, 0) is 0 Å². The van der Waals surface area contributed by atoms with E-state index in [1.165, 1.54) is 5.69 Å². The highest BCUT2D eigenvalue weighted by molar-refractivity contribution is 5.58. The first kappa shape index (κ1) is 11.3. The average Bonchev–Trinajstić information content (AvgIpc) is 2.32. The number of nitrogens with two attached hydrogens (primary N) is 1. The van der Waals surface area contributed by atoms with Crippen LogP contribution in [-0.4, -0.2) is 26.2 Å². The minimum Gasteiger partial charge on any atom is -0.495 e. The number of nitrogens with zero attached hydrogens (tertiary/aromatic N) is 1. The summed E-state index contributed by atoms with van der Waals surface area (Å²) < 4.78 is 5.39. The highest BCUT2D eigenvalue weighted by Crippen LogP contribution is 2.30. The third-order valence-corrected chi connectivity index (χ3v) is 3.40. The van der Waals surface area contributed by atoms with Crippen LogP contribution in [0.5, 0.6) is 5.75 Å². The Morgan fingerprint density at radius 2 is 2.12 bits per heavy atom. The molecule has 1 aromatic rings. The van der Waals surface area contributed by atoms with Gasteiger partial charge in [-0.2, -0.15) is 0 Å². The molecule has 0 saturated carbocycles. The van der Waals surface area contributed by atoms with Crippen molar-refractivity contribution in [3.8, 4) is 5.75 Å². The van der Waals surface area contributed by atoms with Crippen molar-refractivity contribution in [3.63, 3.8) is 0 Å². The first-order valence-electron chi connectivity index (χ1n) is 5.86. The Bertz CT molecular complexity index is 354. The van der Waals surface area contributed by atoms with Crippen molar-refractivity contribution in [1.82, 2.24) is 0 Å². The van der Waals surface area contributed by atoms with Gasteiger partial charge in [0, 0.05) is 19.1 Å². The minimum atomic E-state index is 0.339. The summed E-state index contributed by atoms with van der Waals surface area (Å²) in [5, 5.41) is 0. The summed E-state index contributed by atoms with van der Waals surface area (Å²) in [5.41, 5.74) is 7.22. The molecule has 0 bridgehead atoms. The third kappa shape index (κ3) is 2.14. The maximum absolute atomic E-state index is 6.03. The Morgan fingerprint density at radius 3 is 2.81 bits per heavy atom. The number of hydrogen-bond donors (Lipinski definition) is 1. The number of hydrogen-bond acceptors (Lipinski definition) is 3. The van der Waals surface area contributed by atoms with Crippen LogP contribution in [0.25, 0.3) is 0 Å². The predicted octanol–water partition coefficient (Wildman–Crippen LogP) is 1.87. The fourth-order valence-corrected chi connectivity index (χ4v) is 2.27. The molecule has 0 amide bonds. The molecule has 1 aliphatic heterocycles. The Kier molecular flexibility index (Phi) is 3.34. The summed E-state index contributed by atoms with van der Waals surface area (Å²) in [6.07, 6.45) is 1.05. The Hall–Kier alpha value is -1.22. The van der Waals surface area contributed by atoms with Gasteiger partial charge in [0.25, 0.3) is 0 Å². The molecule has 1 fully saturated rings. The van der Waals surface area contributed by atoms with E-state index in [-0.39, 0.29) is 0 Å². The first-order chi connectivity index (χ1) is 7.72. The van der Waals surface area contributed by atoms with E-state index in [4.69, 9.17) is 10.5 Å². The van der Waals surface area contributed by atoms with E-state index in [1.807, 2.05) is 12.1 Å². The largest absolute Gasteiger partial charge is 0.495 e. The molecular formula is C13H20N2O. The van der Waals surface area contributed by atoms with E-state index >= 15 is 0 Å². The molecule has 1 heterocycles. The van der Waals surface area contributed by atoms with E-state index in [1.54, 1.807) is 7.11 Å². The van der Waals surface area contributed by atoms with Gasteiger partial charge in [-0.3, -0.25) is 0 Å². The Labute approximate surface area is 97.2 Å². The molecule has 0 spiro atoms. The second-order valence-corrected chi connectivity index (χ2v) is 4.55. The molecule has 88 valence electrons. The third-order valence-electron chi connectivity index (χ3n) is 3.40. The number of piperidine rings is 1. The molecule has 2 unspecified atom stereocenters. The highest BCUT2D eigenvalue weighted by Gasteiger charge is 2.24. The fraction of sp³-hybridized carbons (Fsp3) is 0.538. The second-order valence-electron chi connectivity index (χ2n) is 4.55. The van der Waals surface area contributed by atoms with Crippen molar-refractivity contribution >= 4 is 5.69 Å². The molecule has 2 atom stereocenters. The maximum Gasteiger partial charge on any atom is 0.142 e. The molecular weight excluding hydrogens is 200 g/mol. The lowest BCUT2D eigenvalue weighted by Gasteiger charge is -2.37. The molecule has 2 rings (SSSR count). The SMILES string of the molecule is COc1ccccc1N1CCC(N)C(C)C1. The van der Waals surface area contributed by atoms with Crippen LogP contribution in [0.2, 0.25) is 0 Å². The zero-order valence-electron chi connectivity index (χ0n) is 10.0. The van der Waals surface area contributed by atoms with Crippen LogP contribution in [0.3, 0.4) is 0 Å². The van der Waals surface area contributed by atoms with Crippen molar-refractivity contribution in [2.75, 3.05) is 25.1 Å². The lowest BCUT2D eigenvalue weighted by Crippen LogP contribution is -2.46. The van der Waals surface area contributed by atoms with E-state index < -0.39 is 0 Å². The van der Waals surface area contributed by atoms with E-state index in [0.29, 0.717) is 12.0 Å². The number of anilines is 1. The molecule has 2 N–H and O–H groups in total. The van der Waals surface area contributed by atoms with Gasteiger partial charge in [-0.15, -0.1) is 0 Å². The van der Waals surface area contributed by atoms with Crippen LogP contribution in [0.4, 0.5) is 5.69 Å². The molecule has 0 aromatic heterocycles. The Morgan fingerprint density at radius 1 is 1.38 bits per heavy atom. The molecule has 3 heteroatoms. The standard InChI is InChI=1S/C13H20N2O/c1-10-9-15(8-7-11(10)14)12-5-3-4-6-13(12)16-2/h3-6,10-11H,7-9,14H2,1-2H3. The summed E-state index contributed by atoms with van der Waals surface area (Å²) in [7, 11) is 1.72. The van der Waals surface area contributed by atoms with Crippen LogP contribution < -0.4 is 15.4 Å². The van der Waals surface area contributed by atoms with Gasteiger partial charge in [0.1, 0.15) is 5.75 Å². The maximum atomic E-state index is 6.03. The molecule has 3 nitrogen and oxygen atoms in total. The zero-order chi connectivity index (χ0) is 11.5. The van der Waals surface area contributed by atoms with Gasteiger partial charge in [0.15, 0.2) is 0 Å². The van der Waals surface area contributed by atoms with Crippen molar-refractivity contribution in [2.24, 2.45) is 11.7 Å². The number of methoxy groups -OCH3 is 1. The summed E-state index contributed by atoms with van der Waals surface area (Å²) in [5.74, 6) is 1.49. The fourth-order valence-electron chi connectivity index (χ4n) is 2.27. The Balaban J connectivity index is 2.18. The van der Waals surface area contributed by atoms with Gasteiger partial charge in [-0.25, -0.2) is 0 Å². The van der Waals surface area contributed by atoms with Crippen molar-refractivity contribution in [3.05, 3.63) is 24.3 Å². The molecule has 1 aromatic carbocycles. The van der Waals surface area contributed by atoms with E-state index in [0.717, 1.165) is 25.3 Å². The lowest BCUT2D eigenvalue weighted by atomic mass is 9.94. The summed E-state index contributed by atoms with van der Waals surface area (Å²) in [6.45, 7) is 4.25. The van der Waals surface area contributed by atoms with Gasteiger partial charge in [-0.05, 0) is 24.5 Å². The van der Waals surface area contributed by atoms with E-state index in [9.17, 15) is 0 Å². The van der Waals surface area contributed by atoms with Crippen molar-refractivity contribution < 1.29 is 4.74 Å².